The Morgan fingerprint density at radius 2 is 2.15 bits per heavy atom. The van der Waals surface area contributed by atoms with Gasteiger partial charge >= 0.3 is 0 Å². The summed E-state index contributed by atoms with van der Waals surface area (Å²) in [5.74, 6) is 1.64. The average Bonchev–Trinajstić information content (AvgIpc) is 3.17. The molecule has 0 bridgehead atoms. The van der Waals surface area contributed by atoms with Crippen LogP contribution in [0.5, 0.6) is 0 Å². The predicted octanol–water partition coefficient (Wildman–Crippen LogP) is 2.21. The van der Waals surface area contributed by atoms with Crippen molar-refractivity contribution < 1.29 is 13.7 Å². The molecule has 152 valence electrons. The van der Waals surface area contributed by atoms with Gasteiger partial charge in [0.15, 0.2) is 5.96 Å². The van der Waals surface area contributed by atoms with Crippen molar-refractivity contribution in [3.05, 3.63) is 0 Å². The Labute approximate surface area is 161 Å². The summed E-state index contributed by atoms with van der Waals surface area (Å²) in [6.45, 7) is 8.00. The highest BCUT2D eigenvalue weighted by Crippen LogP contribution is 2.23. The fourth-order valence-corrected chi connectivity index (χ4v) is 4.96. The van der Waals surface area contributed by atoms with Gasteiger partial charge in [-0.05, 0) is 45.4 Å². The minimum atomic E-state index is -0.690. The molecule has 4 unspecified atom stereocenters. The molecule has 2 fully saturated rings. The SMILES string of the molecule is CCNC(=NCCCOCC1CCCO1)NC1CCCC(S(=O)CC)C1. The molecule has 2 aliphatic rings. The van der Waals surface area contributed by atoms with Gasteiger partial charge in [0.1, 0.15) is 0 Å². The smallest absolute Gasteiger partial charge is 0.191 e. The van der Waals surface area contributed by atoms with Gasteiger partial charge in [0.2, 0.25) is 0 Å². The second kappa shape index (κ2) is 12.7. The first-order valence-electron chi connectivity index (χ1n) is 10.3. The number of guanidine groups is 1. The van der Waals surface area contributed by atoms with Crippen LogP contribution in [0.1, 0.15) is 58.8 Å². The molecule has 1 heterocycles. The lowest BCUT2D eigenvalue weighted by atomic mass is 9.95. The lowest BCUT2D eigenvalue weighted by molar-refractivity contribution is 0.0171. The van der Waals surface area contributed by atoms with Crippen molar-refractivity contribution in [2.75, 3.05) is 38.7 Å². The van der Waals surface area contributed by atoms with Crippen LogP contribution in [0.4, 0.5) is 0 Å². The number of aliphatic imine (C=N–C) groups is 1. The van der Waals surface area contributed by atoms with Gasteiger partial charge in [-0.2, -0.15) is 0 Å². The Morgan fingerprint density at radius 3 is 2.88 bits per heavy atom. The summed E-state index contributed by atoms with van der Waals surface area (Å²) in [5, 5.41) is 7.20. The number of rotatable bonds is 10. The van der Waals surface area contributed by atoms with Crippen molar-refractivity contribution >= 4 is 16.8 Å². The van der Waals surface area contributed by atoms with E-state index in [1.54, 1.807) is 0 Å². The Hall–Kier alpha value is -0.660. The van der Waals surface area contributed by atoms with Crippen LogP contribution in [0, 0.1) is 0 Å². The third-order valence-electron chi connectivity index (χ3n) is 5.01. The Bertz CT molecular complexity index is 442. The van der Waals surface area contributed by atoms with Gasteiger partial charge in [-0.1, -0.05) is 13.3 Å². The predicted molar refractivity (Wildman–Crippen MR) is 108 cm³/mol. The van der Waals surface area contributed by atoms with Gasteiger partial charge in [0.25, 0.3) is 0 Å². The topological polar surface area (TPSA) is 72.0 Å². The van der Waals surface area contributed by atoms with E-state index in [-0.39, 0.29) is 0 Å². The van der Waals surface area contributed by atoms with Crippen LogP contribution in [0.25, 0.3) is 0 Å². The van der Waals surface area contributed by atoms with Gasteiger partial charge < -0.3 is 20.1 Å². The largest absolute Gasteiger partial charge is 0.379 e. The van der Waals surface area contributed by atoms with E-state index in [1.807, 2.05) is 6.92 Å². The number of hydrogen-bond donors (Lipinski definition) is 2. The Morgan fingerprint density at radius 1 is 1.27 bits per heavy atom. The molecule has 0 spiro atoms. The molecule has 0 amide bonds. The van der Waals surface area contributed by atoms with Crippen molar-refractivity contribution in [3.8, 4) is 0 Å². The van der Waals surface area contributed by atoms with Gasteiger partial charge in [0, 0.05) is 54.1 Å². The summed E-state index contributed by atoms with van der Waals surface area (Å²) in [6, 6.07) is 0.373. The molecule has 1 aliphatic carbocycles. The van der Waals surface area contributed by atoms with E-state index in [4.69, 9.17) is 9.47 Å². The summed E-state index contributed by atoms with van der Waals surface area (Å²) in [5.41, 5.74) is 0. The van der Waals surface area contributed by atoms with Crippen molar-refractivity contribution in [2.45, 2.75) is 76.2 Å². The normalized spacial score (nSPS) is 28.1. The quantitative estimate of drug-likeness (QED) is 0.342. The molecule has 6 nitrogen and oxygen atoms in total. The van der Waals surface area contributed by atoms with E-state index in [0.717, 1.165) is 83.0 Å². The molecule has 26 heavy (non-hydrogen) atoms. The van der Waals surface area contributed by atoms with E-state index < -0.39 is 10.8 Å². The minimum absolute atomic E-state index is 0.297. The maximum atomic E-state index is 12.1. The average molecular weight is 388 g/mol. The van der Waals surface area contributed by atoms with Crippen LogP contribution in [0.2, 0.25) is 0 Å². The monoisotopic (exact) mass is 387 g/mol. The van der Waals surface area contributed by atoms with Crippen LogP contribution in [0.15, 0.2) is 4.99 Å². The van der Waals surface area contributed by atoms with Crippen LogP contribution in [0.3, 0.4) is 0 Å². The maximum Gasteiger partial charge on any atom is 0.191 e. The van der Waals surface area contributed by atoms with E-state index in [1.165, 1.54) is 0 Å². The summed E-state index contributed by atoms with van der Waals surface area (Å²) in [7, 11) is -0.690. The number of nitrogens with zero attached hydrogens (tertiary/aromatic N) is 1. The Balaban J connectivity index is 1.67. The van der Waals surface area contributed by atoms with Gasteiger partial charge in [-0.3, -0.25) is 9.20 Å². The van der Waals surface area contributed by atoms with E-state index in [0.29, 0.717) is 24.0 Å². The summed E-state index contributed by atoms with van der Waals surface area (Å²) in [4.78, 5) is 4.67. The van der Waals surface area contributed by atoms with E-state index in [2.05, 4.69) is 22.5 Å². The standard InChI is InChI=1S/C19H37N3O3S/c1-3-20-19(21-11-7-12-24-15-17-9-6-13-25-17)22-16-8-5-10-18(14-16)26(23)4-2/h16-18H,3-15H2,1-2H3,(H2,20,21,22). The summed E-state index contributed by atoms with van der Waals surface area (Å²) < 4.78 is 23.4. The highest BCUT2D eigenvalue weighted by molar-refractivity contribution is 7.85. The zero-order chi connectivity index (χ0) is 18.6. The number of hydrogen-bond acceptors (Lipinski definition) is 4. The van der Waals surface area contributed by atoms with Gasteiger partial charge in [-0.15, -0.1) is 0 Å². The molecule has 0 aromatic carbocycles. The molecule has 2 N–H and O–H groups in total. The van der Waals surface area contributed by atoms with E-state index >= 15 is 0 Å². The molecule has 1 saturated carbocycles. The van der Waals surface area contributed by atoms with Crippen LogP contribution < -0.4 is 10.6 Å². The first kappa shape index (κ1) is 21.6. The molecule has 0 aromatic heterocycles. The zero-order valence-electron chi connectivity index (χ0n) is 16.5. The van der Waals surface area contributed by atoms with Crippen molar-refractivity contribution in [1.29, 1.82) is 0 Å². The lowest BCUT2D eigenvalue weighted by Gasteiger charge is -2.30. The molecule has 1 saturated heterocycles. The third-order valence-corrected chi connectivity index (χ3v) is 6.75. The molecular formula is C19H37N3O3S. The minimum Gasteiger partial charge on any atom is -0.379 e. The third kappa shape index (κ3) is 7.92. The van der Waals surface area contributed by atoms with E-state index in [9.17, 15) is 4.21 Å². The lowest BCUT2D eigenvalue weighted by Crippen LogP contribution is -2.46. The fourth-order valence-electron chi connectivity index (χ4n) is 3.61. The van der Waals surface area contributed by atoms with Crippen molar-refractivity contribution in [2.24, 2.45) is 4.99 Å². The second-order valence-corrected chi connectivity index (χ2v) is 9.13. The zero-order valence-corrected chi connectivity index (χ0v) is 17.3. The molecule has 0 aromatic rings. The first-order valence-corrected chi connectivity index (χ1v) is 11.7. The summed E-state index contributed by atoms with van der Waals surface area (Å²) in [6.07, 6.45) is 7.84. The molecule has 7 heteroatoms. The summed E-state index contributed by atoms with van der Waals surface area (Å²) >= 11 is 0. The highest BCUT2D eigenvalue weighted by atomic mass is 32.2. The van der Waals surface area contributed by atoms with Gasteiger partial charge in [0.05, 0.1) is 12.7 Å². The van der Waals surface area contributed by atoms with Crippen LogP contribution in [-0.2, 0) is 20.3 Å². The van der Waals surface area contributed by atoms with Crippen molar-refractivity contribution in [3.63, 3.8) is 0 Å². The Kier molecular flexibility index (Phi) is 10.6. The molecule has 0 radical (unpaired) electrons. The van der Waals surface area contributed by atoms with Crippen LogP contribution in [-0.4, -0.2) is 66.2 Å². The first-order chi connectivity index (χ1) is 12.7. The molecule has 4 atom stereocenters. The molecule has 2 rings (SSSR count). The number of ether oxygens (including phenoxy) is 2. The fraction of sp³-hybridized carbons (Fsp3) is 0.947. The maximum absolute atomic E-state index is 12.1. The molecular weight excluding hydrogens is 350 g/mol. The highest BCUT2D eigenvalue weighted by Gasteiger charge is 2.26. The van der Waals surface area contributed by atoms with Crippen LogP contribution >= 0.6 is 0 Å². The second-order valence-electron chi connectivity index (χ2n) is 7.12. The molecule has 1 aliphatic heterocycles. The van der Waals surface area contributed by atoms with Gasteiger partial charge in [-0.25, -0.2) is 0 Å². The van der Waals surface area contributed by atoms with Crippen molar-refractivity contribution in [1.82, 2.24) is 10.6 Å². The number of nitrogens with one attached hydrogen (secondary N) is 2.